The van der Waals surface area contributed by atoms with Crippen molar-refractivity contribution in [3.63, 3.8) is 0 Å². The van der Waals surface area contributed by atoms with E-state index in [0.29, 0.717) is 13.0 Å². The molecule has 5 aliphatic carbocycles. The number of methoxy groups -OCH3 is 4. The third-order valence-electron chi connectivity index (χ3n) is 12.9. The highest BCUT2D eigenvalue weighted by Crippen LogP contribution is 2.80. The molecule has 1 aliphatic heterocycles. The van der Waals surface area contributed by atoms with Crippen LogP contribution in [0.3, 0.4) is 0 Å². The lowest BCUT2D eigenvalue weighted by Crippen LogP contribution is -2.81. The number of esters is 2. The van der Waals surface area contributed by atoms with Crippen molar-refractivity contribution in [1.29, 1.82) is 0 Å². The first-order valence-corrected chi connectivity index (χ1v) is 15.8. The SMILES string of the molecule is COC[C@@]12CN(C)[C@H]3[C@H]4[C@H](OC)[C@H]1[C@]3([C@@H]1C[C@@]3(O)[C@H](O)[C@H](OC)[C@]4(OC(C)=O)[C@H]1[C@H]3OC(=O)c1ccccc1)[C@H](OC)C[C@@H]2O. The third kappa shape index (κ3) is 3.55. The summed E-state index contributed by atoms with van der Waals surface area (Å²) in [6, 6.07) is 8.14. The number of benzene rings is 1. The van der Waals surface area contributed by atoms with Crippen molar-refractivity contribution in [2.45, 2.75) is 73.6 Å². The number of ether oxygens (including phenoxy) is 6. The van der Waals surface area contributed by atoms with E-state index < -0.39 is 88.3 Å². The summed E-state index contributed by atoms with van der Waals surface area (Å²) in [7, 11) is 8.27. The van der Waals surface area contributed by atoms with Gasteiger partial charge in [0.15, 0.2) is 5.60 Å². The minimum Gasteiger partial charge on any atom is -0.455 e. The Morgan fingerprint density at radius 2 is 1.71 bits per heavy atom. The summed E-state index contributed by atoms with van der Waals surface area (Å²) in [4.78, 5) is 29.1. The van der Waals surface area contributed by atoms with E-state index in [1.54, 1.807) is 51.7 Å². The summed E-state index contributed by atoms with van der Waals surface area (Å²) in [6.07, 6.45) is -5.57. The number of carbonyl (C=O) groups excluding carboxylic acids is 2. The normalized spacial score (nSPS) is 50.7. The van der Waals surface area contributed by atoms with Gasteiger partial charge in [-0.2, -0.15) is 0 Å². The molecule has 248 valence electrons. The number of aliphatic hydroxyl groups excluding tert-OH is 2. The Morgan fingerprint density at radius 3 is 2.31 bits per heavy atom. The van der Waals surface area contributed by atoms with E-state index in [-0.39, 0.29) is 30.6 Å². The quantitative estimate of drug-likeness (QED) is 0.337. The molecule has 0 unspecified atom stereocenters. The average Bonchev–Trinajstić information content (AvgIpc) is 3.41. The van der Waals surface area contributed by atoms with Gasteiger partial charge < -0.3 is 48.6 Å². The van der Waals surface area contributed by atoms with Crippen molar-refractivity contribution in [2.75, 3.05) is 48.6 Å². The van der Waals surface area contributed by atoms with Crippen molar-refractivity contribution >= 4 is 11.9 Å². The molecule has 6 aliphatic rings. The standard InChI is InChI=1S/C33H45NO11/c1-16(35)45-33-21-18(13-31(39,26(37)28(33)43-6)27(21)44-29(38)17-10-8-7-9-11-17)32-20(41-4)12-19(36)30(15-40-3)14-34(2)25(32)22(33)23(42-5)24(30)32/h7-11,18-28,36-37,39H,12-15H2,1-6H3/t18-,19+,20-,21-,22-,23+,24-,25+,26-,27-,28+,30-,31-,32+,33+/m1/s1. The molecule has 1 saturated heterocycles. The van der Waals surface area contributed by atoms with Gasteiger partial charge in [0.05, 0.1) is 30.5 Å². The van der Waals surface area contributed by atoms with Gasteiger partial charge in [-0.25, -0.2) is 4.79 Å². The van der Waals surface area contributed by atoms with E-state index in [9.17, 15) is 24.9 Å². The molecule has 1 heterocycles. The lowest BCUT2D eigenvalue weighted by molar-refractivity contribution is -0.322. The number of aliphatic hydroxyl groups is 3. The van der Waals surface area contributed by atoms with Crippen molar-refractivity contribution < 1.29 is 53.3 Å². The molecule has 0 radical (unpaired) electrons. The fraction of sp³-hybridized carbons (Fsp3) is 0.758. The maximum atomic E-state index is 13.7. The first kappa shape index (κ1) is 31.4. The van der Waals surface area contributed by atoms with E-state index in [4.69, 9.17) is 28.4 Å². The Kier molecular flexibility index (Phi) is 7.28. The van der Waals surface area contributed by atoms with Crippen LogP contribution >= 0.6 is 0 Å². The van der Waals surface area contributed by atoms with Crippen LogP contribution in [0.4, 0.5) is 0 Å². The van der Waals surface area contributed by atoms with Crippen LogP contribution in [-0.4, -0.2) is 135 Å². The van der Waals surface area contributed by atoms with Crippen LogP contribution in [0.25, 0.3) is 0 Å². The van der Waals surface area contributed by atoms with E-state index >= 15 is 0 Å². The summed E-state index contributed by atoms with van der Waals surface area (Å²) in [5, 5.41) is 36.6. The molecule has 15 atom stereocenters. The van der Waals surface area contributed by atoms with E-state index in [0.717, 1.165) is 0 Å². The summed E-state index contributed by atoms with van der Waals surface area (Å²) < 4.78 is 37.4. The zero-order valence-corrected chi connectivity index (χ0v) is 26.6. The molecule has 7 rings (SSSR count). The van der Waals surface area contributed by atoms with Gasteiger partial charge in [0, 0.05) is 83.0 Å². The summed E-state index contributed by atoms with van der Waals surface area (Å²) in [5.41, 5.74) is -4.79. The number of nitrogens with zero attached hydrogens (tertiary/aromatic N) is 1. The number of piperidine rings is 1. The maximum Gasteiger partial charge on any atom is 0.338 e. The molecule has 1 aromatic rings. The van der Waals surface area contributed by atoms with Crippen LogP contribution in [0.1, 0.15) is 30.1 Å². The molecule has 5 saturated carbocycles. The third-order valence-corrected chi connectivity index (χ3v) is 12.9. The maximum absolute atomic E-state index is 13.7. The fourth-order valence-corrected chi connectivity index (χ4v) is 12.2. The van der Waals surface area contributed by atoms with Crippen LogP contribution in [-0.2, 0) is 33.2 Å². The van der Waals surface area contributed by atoms with Crippen molar-refractivity contribution in [1.82, 2.24) is 4.90 Å². The van der Waals surface area contributed by atoms with Crippen molar-refractivity contribution in [2.24, 2.45) is 34.5 Å². The highest BCUT2D eigenvalue weighted by atomic mass is 16.6. The molecular weight excluding hydrogens is 586 g/mol. The lowest BCUT2D eigenvalue weighted by Gasteiger charge is -2.70. The number of hydrogen-bond acceptors (Lipinski definition) is 12. The van der Waals surface area contributed by atoms with Gasteiger partial charge in [0.2, 0.25) is 0 Å². The highest BCUT2D eigenvalue weighted by Gasteiger charge is 2.92. The smallest absolute Gasteiger partial charge is 0.338 e. The van der Waals surface area contributed by atoms with Crippen LogP contribution < -0.4 is 0 Å². The number of fused-ring (bicyclic) bond motifs is 2. The topological polar surface area (TPSA) is 153 Å². The Bertz CT molecular complexity index is 1350. The molecule has 0 aromatic heterocycles. The summed E-state index contributed by atoms with van der Waals surface area (Å²) in [5.74, 6) is -3.54. The van der Waals surface area contributed by atoms with Gasteiger partial charge in [-0.1, -0.05) is 18.2 Å². The number of likely N-dealkylation sites (tertiary alicyclic amines) is 1. The second-order valence-corrected chi connectivity index (χ2v) is 14.3. The predicted molar refractivity (Wildman–Crippen MR) is 156 cm³/mol. The Hall–Kier alpha value is -2.16. The zero-order chi connectivity index (χ0) is 32.3. The van der Waals surface area contributed by atoms with Gasteiger partial charge in [-0.3, -0.25) is 4.79 Å². The van der Waals surface area contributed by atoms with Crippen LogP contribution in [0.2, 0.25) is 0 Å². The van der Waals surface area contributed by atoms with E-state index in [2.05, 4.69) is 4.90 Å². The second-order valence-electron chi connectivity index (χ2n) is 14.3. The Labute approximate surface area is 262 Å². The van der Waals surface area contributed by atoms with Gasteiger partial charge in [-0.05, 0) is 31.5 Å². The average molecular weight is 632 g/mol. The molecule has 12 heteroatoms. The van der Waals surface area contributed by atoms with E-state index in [1.807, 2.05) is 7.05 Å². The van der Waals surface area contributed by atoms with Crippen LogP contribution in [0.15, 0.2) is 30.3 Å². The zero-order valence-electron chi connectivity index (χ0n) is 26.6. The second kappa shape index (κ2) is 10.4. The van der Waals surface area contributed by atoms with Gasteiger partial charge in [0.1, 0.15) is 23.9 Å². The van der Waals surface area contributed by atoms with Gasteiger partial charge in [-0.15, -0.1) is 0 Å². The fourth-order valence-electron chi connectivity index (χ4n) is 12.2. The van der Waals surface area contributed by atoms with E-state index in [1.165, 1.54) is 14.0 Å². The van der Waals surface area contributed by atoms with Crippen molar-refractivity contribution in [3.8, 4) is 0 Å². The van der Waals surface area contributed by atoms with Crippen molar-refractivity contribution in [3.05, 3.63) is 35.9 Å². The minimum atomic E-state index is -1.93. The Morgan fingerprint density at radius 1 is 1.00 bits per heavy atom. The van der Waals surface area contributed by atoms with Crippen LogP contribution in [0.5, 0.6) is 0 Å². The molecule has 7 bridgehead atoms. The summed E-state index contributed by atoms with van der Waals surface area (Å²) >= 11 is 0. The molecule has 6 fully saturated rings. The van der Waals surface area contributed by atoms with Crippen LogP contribution in [0, 0.1) is 34.5 Å². The molecule has 45 heavy (non-hydrogen) atoms. The first-order chi connectivity index (χ1) is 21.4. The lowest BCUT2D eigenvalue weighted by atomic mass is 9.42. The molecule has 12 nitrogen and oxygen atoms in total. The predicted octanol–water partition coefficient (Wildman–Crippen LogP) is 0.258. The molecule has 0 amide bonds. The first-order valence-electron chi connectivity index (χ1n) is 15.8. The molecular formula is C33H45NO11. The molecule has 1 spiro atoms. The van der Waals surface area contributed by atoms with Gasteiger partial charge in [0.25, 0.3) is 0 Å². The minimum absolute atomic E-state index is 0.0253. The largest absolute Gasteiger partial charge is 0.455 e. The van der Waals surface area contributed by atoms with Gasteiger partial charge >= 0.3 is 11.9 Å². The molecule has 3 N–H and O–H groups in total. The monoisotopic (exact) mass is 631 g/mol. The number of carbonyl (C=O) groups is 2. The number of hydrogen-bond donors (Lipinski definition) is 3. The molecule has 1 aromatic carbocycles. The highest BCUT2D eigenvalue weighted by molar-refractivity contribution is 5.89. The number of rotatable bonds is 8. The summed E-state index contributed by atoms with van der Waals surface area (Å²) in [6.45, 7) is 2.04. The Balaban J connectivity index is 1.52.